The van der Waals surface area contributed by atoms with Crippen molar-refractivity contribution < 1.29 is 49.4 Å². The highest BCUT2D eigenvalue weighted by atomic mass is 32.2. The number of carbonyl (C=O) groups excluding carboxylic acids is 1. The summed E-state index contributed by atoms with van der Waals surface area (Å²) in [5.41, 5.74) is -0.231. The number of rotatable bonds is 7. The van der Waals surface area contributed by atoms with Gasteiger partial charge < -0.3 is 19.6 Å². The summed E-state index contributed by atoms with van der Waals surface area (Å²) in [5.74, 6) is -14.7. The number of sulfone groups is 1. The van der Waals surface area contributed by atoms with Crippen LogP contribution in [0.25, 0.3) is 0 Å². The zero-order valence-electron chi connectivity index (χ0n) is 16.6. The van der Waals surface area contributed by atoms with Crippen LogP contribution in [0, 0.1) is 29.1 Å². The Kier molecular flexibility index (Phi) is 6.63. The molecule has 0 fully saturated rings. The van der Waals surface area contributed by atoms with Crippen molar-refractivity contribution in [3.05, 3.63) is 70.9 Å². The standard InChI is InChI=1S/C20H14F5NO6S/c1-2-33(29,30)10-4-5-12(27)11(7-10)26-20(28)13-6-3-9(32-13)8-31-19-17(24)15(22)14(21)16(23)18(19)25/h3-7,27H,2,8H2,1H3,(H,26,28). The fraction of sp³-hybridized carbons (Fsp3) is 0.150. The number of hydrogen-bond acceptors (Lipinski definition) is 6. The molecule has 0 atom stereocenters. The number of amides is 1. The smallest absolute Gasteiger partial charge is 0.291 e. The largest absolute Gasteiger partial charge is 0.506 e. The summed E-state index contributed by atoms with van der Waals surface area (Å²) in [6.07, 6.45) is 0. The van der Waals surface area contributed by atoms with Crippen molar-refractivity contribution in [3.8, 4) is 11.5 Å². The molecule has 1 aromatic heterocycles. The molecule has 0 unspecified atom stereocenters. The summed E-state index contributed by atoms with van der Waals surface area (Å²) in [7, 11) is -3.62. The molecule has 0 saturated heterocycles. The number of hydrogen-bond donors (Lipinski definition) is 2. The minimum absolute atomic E-state index is 0.144. The second-order valence-corrected chi connectivity index (χ2v) is 8.77. The van der Waals surface area contributed by atoms with Crippen LogP contribution in [0.4, 0.5) is 27.6 Å². The predicted octanol–water partition coefficient (Wildman–Crippen LogP) is 4.31. The minimum atomic E-state index is -3.62. The molecular formula is C20H14F5NO6S. The van der Waals surface area contributed by atoms with Gasteiger partial charge >= 0.3 is 0 Å². The molecule has 1 amide bonds. The van der Waals surface area contributed by atoms with Crippen molar-refractivity contribution in [1.82, 2.24) is 0 Å². The topological polar surface area (TPSA) is 106 Å². The third kappa shape index (κ3) is 4.77. The number of anilines is 1. The molecule has 2 N–H and O–H groups in total. The number of benzene rings is 2. The van der Waals surface area contributed by atoms with Crippen LogP contribution < -0.4 is 10.1 Å². The maximum absolute atomic E-state index is 13.7. The van der Waals surface area contributed by atoms with Gasteiger partial charge in [0.05, 0.1) is 16.3 Å². The van der Waals surface area contributed by atoms with Crippen LogP contribution in [0.15, 0.2) is 39.6 Å². The van der Waals surface area contributed by atoms with Crippen LogP contribution in [0.3, 0.4) is 0 Å². The lowest BCUT2D eigenvalue weighted by atomic mass is 10.2. The number of phenolic OH excluding ortho intramolecular Hbond substituents is 1. The third-order valence-corrected chi connectivity index (χ3v) is 6.10. The summed E-state index contributed by atoms with van der Waals surface area (Å²) in [4.78, 5) is 12.2. The Morgan fingerprint density at radius 2 is 1.61 bits per heavy atom. The molecule has 3 rings (SSSR count). The van der Waals surface area contributed by atoms with E-state index in [1.807, 2.05) is 0 Å². The van der Waals surface area contributed by atoms with Gasteiger partial charge in [-0.3, -0.25) is 4.79 Å². The summed E-state index contributed by atoms with van der Waals surface area (Å²) in [6, 6.07) is 5.52. The molecule has 176 valence electrons. The third-order valence-electron chi connectivity index (χ3n) is 4.37. The Labute approximate surface area is 183 Å². The van der Waals surface area contributed by atoms with Gasteiger partial charge in [0.2, 0.25) is 29.1 Å². The van der Waals surface area contributed by atoms with Gasteiger partial charge in [0.1, 0.15) is 18.1 Å². The van der Waals surface area contributed by atoms with Gasteiger partial charge in [-0.05, 0) is 30.3 Å². The maximum Gasteiger partial charge on any atom is 0.291 e. The second-order valence-electron chi connectivity index (χ2n) is 6.49. The van der Waals surface area contributed by atoms with E-state index in [1.165, 1.54) is 6.92 Å². The van der Waals surface area contributed by atoms with Crippen LogP contribution in [0.1, 0.15) is 23.2 Å². The zero-order chi connectivity index (χ0) is 24.5. The van der Waals surface area contributed by atoms with Gasteiger partial charge in [-0.15, -0.1) is 0 Å². The van der Waals surface area contributed by atoms with Crippen LogP contribution in [0.5, 0.6) is 11.5 Å². The van der Waals surface area contributed by atoms with E-state index in [0.29, 0.717) is 0 Å². The Bertz CT molecular complexity index is 1310. The van der Waals surface area contributed by atoms with E-state index in [4.69, 9.17) is 4.42 Å². The molecule has 0 aliphatic carbocycles. The van der Waals surface area contributed by atoms with Gasteiger partial charge in [0, 0.05) is 0 Å². The lowest BCUT2D eigenvalue weighted by Gasteiger charge is -2.09. The van der Waals surface area contributed by atoms with E-state index in [9.17, 15) is 40.3 Å². The Morgan fingerprint density at radius 1 is 1.00 bits per heavy atom. The van der Waals surface area contributed by atoms with E-state index in [1.54, 1.807) is 0 Å². The van der Waals surface area contributed by atoms with E-state index in [0.717, 1.165) is 30.3 Å². The van der Waals surface area contributed by atoms with Gasteiger partial charge in [-0.2, -0.15) is 8.78 Å². The van der Waals surface area contributed by atoms with E-state index in [-0.39, 0.29) is 27.9 Å². The Hall–Kier alpha value is -3.61. The first-order valence-corrected chi connectivity index (χ1v) is 10.7. The summed E-state index contributed by atoms with van der Waals surface area (Å²) in [5, 5.41) is 12.1. The van der Waals surface area contributed by atoms with Crippen molar-refractivity contribution in [2.24, 2.45) is 0 Å². The quantitative estimate of drug-likeness (QED) is 0.221. The predicted molar refractivity (Wildman–Crippen MR) is 103 cm³/mol. The first kappa shape index (κ1) is 24.0. The number of furan rings is 1. The number of carbonyl (C=O) groups is 1. The fourth-order valence-electron chi connectivity index (χ4n) is 2.59. The van der Waals surface area contributed by atoms with Crippen molar-refractivity contribution >= 4 is 21.4 Å². The van der Waals surface area contributed by atoms with Crippen LogP contribution in [-0.2, 0) is 16.4 Å². The first-order valence-electron chi connectivity index (χ1n) is 9.06. The van der Waals surface area contributed by atoms with Crippen molar-refractivity contribution in [3.63, 3.8) is 0 Å². The number of halogens is 5. The Morgan fingerprint density at radius 3 is 2.21 bits per heavy atom. The number of ether oxygens (including phenoxy) is 1. The average molecular weight is 491 g/mol. The zero-order valence-corrected chi connectivity index (χ0v) is 17.4. The molecule has 0 spiro atoms. The number of aromatic hydroxyl groups is 1. The van der Waals surface area contributed by atoms with Crippen molar-refractivity contribution in [2.75, 3.05) is 11.1 Å². The lowest BCUT2D eigenvalue weighted by Crippen LogP contribution is -2.12. The molecular weight excluding hydrogens is 477 g/mol. The second kappa shape index (κ2) is 9.10. The summed E-state index contributed by atoms with van der Waals surface area (Å²) in [6.45, 7) is 0.625. The highest BCUT2D eigenvalue weighted by Gasteiger charge is 2.27. The lowest BCUT2D eigenvalue weighted by molar-refractivity contribution is 0.0991. The normalized spacial score (nSPS) is 11.5. The number of nitrogens with one attached hydrogen (secondary N) is 1. The van der Waals surface area contributed by atoms with Crippen LogP contribution in [-0.4, -0.2) is 25.2 Å². The average Bonchev–Trinajstić information content (AvgIpc) is 3.27. The molecule has 0 aliphatic heterocycles. The first-order chi connectivity index (χ1) is 15.5. The molecule has 7 nitrogen and oxygen atoms in total. The maximum atomic E-state index is 13.7. The monoisotopic (exact) mass is 491 g/mol. The van der Waals surface area contributed by atoms with Crippen LogP contribution >= 0.6 is 0 Å². The van der Waals surface area contributed by atoms with Gasteiger partial charge in [-0.25, -0.2) is 21.6 Å². The molecule has 33 heavy (non-hydrogen) atoms. The van der Waals surface area contributed by atoms with Gasteiger partial charge in [-0.1, -0.05) is 6.92 Å². The SMILES string of the molecule is CCS(=O)(=O)c1ccc(O)c(NC(=O)c2ccc(COc3c(F)c(F)c(F)c(F)c3F)o2)c1. The van der Waals surface area contributed by atoms with E-state index in [2.05, 4.69) is 10.1 Å². The molecule has 0 aliphatic rings. The minimum Gasteiger partial charge on any atom is -0.506 e. The van der Waals surface area contributed by atoms with Gasteiger partial charge in [0.25, 0.3) is 5.91 Å². The van der Waals surface area contributed by atoms with Crippen molar-refractivity contribution in [2.45, 2.75) is 18.4 Å². The van der Waals surface area contributed by atoms with Crippen molar-refractivity contribution in [1.29, 1.82) is 0 Å². The number of phenols is 1. The van der Waals surface area contributed by atoms with E-state index < -0.39 is 62.9 Å². The Balaban J connectivity index is 1.76. The van der Waals surface area contributed by atoms with Gasteiger partial charge in [0.15, 0.2) is 21.3 Å². The molecule has 1 heterocycles. The summed E-state index contributed by atoms with van der Waals surface area (Å²) >= 11 is 0. The summed E-state index contributed by atoms with van der Waals surface area (Å²) < 4.78 is 101. The molecule has 13 heteroatoms. The molecule has 2 aromatic carbocycles. The molecule has 3 aromatic rings. The molecule has 0 bridgehead atoms. The van der Waals surface area contributed by atoms with Crippen LogP contribution in [0.2, 0.25) is 0 Å². The van der Waals surface area contributed by atoms with E-state index >= 15 is 0 Å². The molecule has 0 saturated carbocycles. The molecule has 0 radical (unpaired) electrons. The fourth-order valence-corrected chi connectivity index (χ4v) is 3.50. The highest BCUT2D eigenvalue weighted by Crippen LogP contribution is 2.30. The highest BCUT2D eigenvalue weighted by molar-refractivity contribution is 7.91.